The molecule has 0 bridgehead atoms. The zero-order valence-electron chi connectivity index (χ0n) is 14.6. The van der Waals surface area contributed by atoms with Crippen molar-refractivity contribution in [3.63, 3.8) is 0 Å². The lowest BCUT2D eigenvalue weighted by molar-refractivity contribution is -0.0816. The zero-order valence-corrected chi connectivity index (χ0v) is 14.6. The molecule has 2 atom stereocenters. The highest BCUT2D eigenvalue weighted by atomic mass is 16.5. The average molecular weight is 323 g/mol. The lowest BCUT2D eigenvalue weighted by Crippen LogP contribution is -2.53. The first-order valence-corrected chi connectivity index (χ1v) is 9.55. The monoisotopic (exact) mass is 323 g/mol. The number of hydrogen-bond acceptors (Lipinski definition) is 3. The SMILES string of the molecule is CN=C(NCCCC1CCCC1)N1CCOC(C2CCCO2)C1. The van der Waals surface area contributed by atoms with Gasteiger partial charge in [-0.25, -0.2) is 0 Å². The van der Waals surface area contributed by atoms with Crippen LogP contribution in [-0.2, 0) is 9.47 Å². The van der Waals surface area contributed by atoms with Crippen molar-refractivity contribution in [2.75, 3.05) is 39.9 Å². The van der Waals surface area contributed by atoms with Crippen LogP contribution < -0.4 is 5.32 Å². The first-order valence-electron chi connectivity index (χ1n) is 9.55. The normalized spacial score (nSPS) is 30.1. The van der Waals surface area contributed by atoms with Gasteiger partial charge in [-0.3, -0.25) is 4.99 Å². The van der Waals surface area contributed by atoms with Crippen LogP contribution in [-0.4, -0.2) is 63.0 Å². The summed E-state index contributed by atoms with van der Waals surface area (Å²) in [6.45, 7) is 4.51. The van der Waals surface area contributed by atoms with Crippen molar-refractivity contribution < 1.29 is 9.47 Å². The third-order valence-corrected chi connectivity index (χ3v) is 5.53. The molecule has 2 aliphatic heterocycles. The maximum atomic E-state index is 5.93. The molecule has 2 saturated heterocycles. The Bertz CT molecular complexity index is 376. The van der Waals surface area contributed by atoms with Crippen molar-refractivity contribution >= 4 is 5.96 Å². The summed E-state index contributed by atoms with van der Waals surface area (Å²) < 4.78 is 11.7. The van der Waals surface area contributed by atoms with E-state index in [2.05, 4.69) is 15.2 Å². The smallest absolute Gasteiger partial charge is 0.193 e. The molecule has 2 heterocycles. The molecule has 0 aromatic heterocycles. The van der Waals surface area contributed by atoms with Crippen LogP contribution in [0.1, 0.15) is 51.4 Å². The van der Waals surface area contributed by atoms with Crippen molar-refractivity contribution in [2.24, 2.45) is 10.9 Å². The molecule has 23 heavy (non-hydrogen) atoms. The maximum absolute atomic E-state index is 5.93. The van der Waals surface area contributed by atoms with Crippen molar-refractivity contribution in [1.29, 1.82) is 0 Å². The molecular weight excluding hydrogens is 290 g/mol. The van der Waals surface area contributed by atoms with E-state index in [0.29, 0.717) is 0 Å². The van der Waals surface area contributed by atoms with Gasteiger partial charge in [0, 0.05) is 33.3 Å². The molecule has 3 aliphatic rings. The predicted molar refractivity (Wildman–Crippen MR) is 92.8 cm³/mol. The van der Waals surface area contributed by atoms with Crippen LogP contribution in [0.25, 0.3) is 0 Å². The Balaban J connectivity index is 1.40. The van der Waals surface area contributed by atoms with E-state index in [9.17, 15) is 0 Å². The number of nitrogens with zero attached hydrogens (tertiary/aromatic N) is 2. The van der Waals surface area contributed by atoms with Crippen LogP contribution in [0.5, 0.6) is 0 Å². The highest BCUT2D eigenvalue weighted by molar-refractivity contribution is 5.80. The van der Waals surface area contributed by atoms with E-state index in [4.69, 9.17) is 9.47 Å². The van der Waals surface area contributed by atoms with Gasteiger partial charge >= 0.3 is 0 Å². The highest BCUT2D eigenvalue weighted by Crippen LogP contribution is 2.28. The van der Waals surface area contributed by atoms with Crippen molar-refractivity contribution in [3.8, 4) is 0 Å². The Morgan fingerprint density at radius 3 is 2.65 bits per heavy atom. The van der Waals surface area contributed by atoms with Gasteiger partial charge in [0.25, 0.3) is 0 Å². The van der Waals surface area contributed by atoms with Gasteiger partial charge in [-0.15, -0.1) is 0 Å². The summed E-state index contributed by atoms with van der Waals surface area (Å²) in [5.74, 6) is 2.01. The average Bonchev–Trinajstić information content (AvgIpc) is 3.29. The number of guanidine groups is 1. The molecule has 1 N–H and O–H groups in total. The number of hydrogen-bond donors (Lipinski definition) is 1. The van der Waals surface area contributed by atoms with Gasteiger partial charge in [0.1, 0.15) is 6.10 Å². The third kappa shape index (κ3) is 4.83. The van der Waals surface area contributed by atoms with E-state index in [1.165, 1.54) is 44.9 Å². The van der Waals surface area contributed by atoms with E-state index in [-0.39, 0.29) is 12.2 Å². The van der Waals surface area contributed by atoms with Crippen molar-refractivity contribution in [1.82, 2.24) is 10.2 Å². The second kappa shape index (κ2) is 8.88. The van der Waals surface area contributed by atoms with E-state index in [0.717, 1.165) is 51.1 Å². The van der Waals surface area contributed by atoms with Gasteiger partial charge < -0.3 is 19.7 Å². The summed E-state index contributed by atoms with van der Waals surface area (Å²) in [4.78, 5) is 6.82. The van der Waals surface area contributed by atoms with Crippen LogP contribution in [0.4, 0.5) is 0 Å². The Morgan fingerprint density at radius 1 is 1.09 bits per heavy atom. The van der Waals surface area contributed by atoms with Gasteiger partial charge in [-0.1, -0.05) is 25.7 Å². The van der Waals surface area contributed by atoms with Crippen molar-refractivity contribution in [3.05, 3.63) is 0 Å². The molecule has 0 spiro atoms. The molecule has 2 unspecified atom stereocenters. The standard InChI is InChI=1S/C18H33N3O2/c1-19-18(20-10-4-8-15-6-2-3-7-15)21-11-13-23-17(14-21)16-9-5-12-22-16/h15-17H,2-14H2,1H3,(H,19,20). The molecule has 0 radical (unpaired) electrons. The molecule has 0 amide bonds. The van der Waals surface area contributed by atoms with Gasteiger partial charge in [-0.2, -0.15) is 0 Å². The molecule has 132 valence electrons. The molecule has 3 fully saturated rings. The summed E-state index contributed by atoms with van der Waals surface area (Å²) in [6.07, 6.45) is 11.2. The lowest BCUT2D eigenvalue weighted by atomic mass is 10.0. The Labute approximate surface area is 140 Å². The minimum absolute atomic E-state index is 0.197. The molecule has 1 saturated carbocycles. The summed E-state index contributed by atoms with van der Waals surface area (Å²) in [5.41, 5.74) is 0. The maximum Gasteiger partial charge on any atom is 0.193 e. The number of morpholine rings is 1. The summed E-state index contributed by atoms with van der Waals surface area (Å²) in [5, 5.41) is 3.55. The second-order valence-corrected chi connectivity index (χ2v) is 7.17. The van der Waals surface area contributed by atoms with Crippen LogP contribution in [0.15, 0.2) is 4.99 Å². The molecule has 1 aliphatic carbocycles. The van der Waals surface area contributed by atoms with Crippen LogP contribution in [0.2, 0.25) is 0 Å². The van der Waals surface area contributed by atoms with E-state index in [1.54, 1.807) is 0 Å². The van der Waals surface area contributed by atoms with Crippen LogP contribution >= 0.6 is 0 Å². The number of ether oxygens (including phenoxy) is 2. The lowest BCUT2D eigenvalue weighted by Gasteiger charge is -2.37. The number of rotatable bonds is 5. The highest BCUT2D eigenvalue weighted by Gasteiger charge is 2.32. The van der Waals surface area contributed by atoms with E-state index < -0.39 is 0 Å². The minimum atomic E-state index is 0.197. The van der Waals surface area contributed by atoms with Gasteiger partial charge in [0.2, 0.25) is 0 Å². The Morgan fingerprint density at radius 2 is 1.91 bits per heavy atom. The van der Waals surface area contributed by atoms with E-state index in [1.807, 2.05) is 7.05 Å². The largest absolute Gasteiger partial charge is 0.375 e. The Kier molecular flexibility index (Phi) is 6.57. The summed E-state index contributed by atoms with van der Waals surface area (Å²) in [6, 6.07) is 0. The second-order valence-electron chi connectivity index (χ2n) is 7.17. The molecule has 3 rings (SSSR count). The van der Waals surface area contributed by atoms with Gasteiger partial charge in [0.05, 0.1) is 12.7 Å². The van der Waals surface area contributed by atoms with E-state index >= 15 is 0 Å². The van der Waals surface area contributed by atoms with Gasteiger partial charge in [-0.05, 0) is 31.6 Å². The predicted octanol–water partition coefficient (Wildman–Crippen LogP) is 2.41. The summed E-state index contributed by atoms with van der Waals surface area (Å²) >= 11 is 0. The minimum Gasteiger partial charge on any atom is -0.375 e. The first kappa shape index (κ1) is 17.0. The molecule has 0 aromatic carbocycles. The van der Waals surface area contributed by atoms with Crippen molar-refractivity contribution in [2.45, 2.75) is 63.6 Å². The number of nitrogens with one attached hydrogen (secondary N) is 1. The fourth-order valence-electron chi connectivity index (χ4n) is 4.21. The molecular formula is C18H33N3O2. The fourth-order valence-corrected chi connectivity index (χ4v) is 4.21. The summed E-state index contributed by atoms with van der Waals surface area (Å²) in [7, 11) is 1.88. The molecule has 5 nitrogen and oxygen atoms in total. The van der Waals surface area contributed by atoms with Crippen LogP contribution in [0.3, 0.4) is 0 Å². The quantitative estimate of drug-likeness (QED) is 0.479. The topological polar surface area (TPSA) is 46.1 Å². The zero-order chi connectivity index (χ0) is 15.9. The number of aliphatic imine (C=N–C) groups is 1. The first-order chi connectivity index (χ1) is 11.4. The fraction of sp³-hybridized carbons (Fsp3) is 0.944. The van der Waals surface area contributed by atoms with Gasteiger partial charge in [0.15, 0.2) is 5.96 Å². The molecule has 5 heteroatoms. The molecule has 0 aromatic rings. The van der Waals surface area contributed by atoms with Crippen LogP contribution in [0, 0.1) is 5.92 Å². The Hall–Kier alpha value is -0.810. The third-order valence-electron chi connectivity index (χ3n) is 5.53.